The zero-order valence-corrected chi connectivity index (χ0v) is 12.7. The number of benzene rings is 1. The molecule has 0 bridgehead atoms. The fourth-order valence-corrected chi connectivity index (χ4v) is 1.87. The summed E-state index contributed by atoms with van der Waals surface area (Å²) in [5, 5.41) is 12.7. The lowest BCUT2D eigenvalue weighted by atomic mass is 10.1. The lowest BCUT2D eigenvalue weighted by Crippen LogP contribution is -2.26. The highest BCUT2D eigenvalue weighted by Gasteiger charge is 2.10. The third-order valence-electron chi connectivity index (χ3n) is 3.22. The maximum absolute atomic E-state index is 9.29. The van der Waals surface area contributed by atoms with Crippen LogP contribution >= 0.6 is 0 Å². The van der Waals surface area contributed by atoms with Crippen LogP contribution in [-0.2, 0) is 6.54 Å². The molecule has 1 N–H and O–H groups in total. The average Bonchev–Trinajstić information content (AvgIpc) is 2.37. The van der Waals surface area contributed by atoms with Crippen LogP contribution < -0.4 is 10.2 Å². The van der Waals surface area contributed by atoms with Gasteiger partial charge in [0.25, 0.3) is 0 Å². The predicted molar refractivity (Wildman–Crippen MR) is 81.2 cm³/mol. The van der Waals surface area contributed by atoms with Crippen molar-refractivity contribution in [3.05, 3.63) is 29.3 Å². The Morgan fingerprint density at radius 2 is 1.95 bits per heavy atom. The van der Waals surface area contributed by atoms with E-state index >= 15 is 0 Å². The van der Waals surface area contributed by atoms with Crippen molar-refractivity contribution in [2.75, 3.05) is 18.5 Å². The monoisotopic (exact) mass is 259 g/mol. The maximum Gasteiger partial charge on any atom is 0.101 e. The molecule has 3 heteroatoms. The van der Waals surface area contributed by atoms with Gasteiger partial charge in [-0.05, 0) is 44.0 Å². The third-order valence-corrected chi connectivity index (χ3v) is 3.22. The van der Waals surface area contributed by atoms with E-state index < -0.39 is 0 Å². The molecule has 0 aromatic heterocycles. The molecule has 0 saturated heterocycles. The zero-order chi connectivity index (χ0) is 14.4. The molecule has 0 unspecified atom stereocenters. The first-order valence-corrected chi connectivity index (χ1v) is 6.92. The number of nitrogens with zero attached hydrogens (tertiary/aromatic N) is 2. The van der Waals surface area contributed by atoms with Crippen LogP contribution in [0.2, 0.25) is 0 Å². The van der Waals surface area contributed by atoms with Crippen LogP contribution in [0.15, 0.2) is 18.2 Å². The first-order valence-electron chi connectivity index (χ1n) is 6.92. The number of rotatable bonds is 6. The fraction of sp³-hybridized carbons (Fsp3) is 0.562. The summed E-state index contributed by atoms with van der Waals surface area (Å²) in [5.41, 5.74) is 2.92. The van der Waals surface area contributed by atoms with Crippen molar-refractivity contribution in [3.8, 4) is 6.07 Å². The normalized spacial score (nSPS) is 10.8. The number of hydrogen-bond acceptors (Lipinski definition) is 3. The Labute approximate surface area is 117 Å². The van der Waals surface area contributed by atoms with E-state index in [0.717, 1.165) is 29.9 Å². The molecule has 0 aliphatic carbocycles. The van der Waals surface area contributed by atoms with E-state index in [4.69, 9.17) is 0 Å². The van der Waals surface area contributed by atoms with Gasteiger partial charge in [0.05, 0.1) is 11.3 Å². The van der Waals surface area contributed by atoms with E-state index in [-0.39, 0.29) is 0 Å². The maximum atomic E-state index is 9.29. The lowest BCUT2D eigenvalue weighted by molar-refractivity contribution is 0.552. The van der Waals surface area contributed by atoms with Crippen LogP contribution in [0, 0.1) is 17.2 Å². The third kappa shape index (κ3) is 4.57. The van der Waals surface area contributed by atoms with Crippen molar-refractivity contribution in [2.45, 2.75) is 40.3 Å². The molecule has 0 fully saturated rings. The summed E-state index contributed by atoms with van der Waals surface area (Å²) in [6.07, 6.45) is 0. The van der Waals surface area contributed by atoms with Gasteiger partial charge in [-0.2, -0.15) is 5.26 Å². The summed E-state index contributed by atoms with van der Waals surface area (Å²) in [4.78, 5) is 2.13. The van der Waals surface area contributed by atoms with Crippen molar-refractivity contribution in [3.63, 3.8) is 0 Å². The second-order valence-electron chi connectivity index (χ2n) is 5.69. The van der Waals surface area contributed by atoms with Gasteiger partial charge in [-0.1, -0.05) is 19.9 Å². The van der Waals surface area contributed by atoms with Gasteiger partial charge in [-0.15, -0.1) is 0 Å². The molecule has 0 spiro atoms. The molecule has 0 aliphatic heterocycles. The van der Waals surface area contributed by atoms with Crippen molar-refractivity contribution >= 4 is 5.69 Å². The Balaban J connectivity index is 2.82. The molecule has 0 aliphatic rings. The van der Waals surface area contributed by atoms with Crippen molar-refractivity contribution < 1.29 is 0 Å². The number of anilines is 1. The second-order valence-corrected chi connectivity index (χ2v) is 5.69. The van der Waals surface area contributed by atoms with Gasteiger partial charge >= 0.3 is 0 Å². The van der Waals surface area contributed by atoms with Gasteiger partial charge in [-0.3, -0.25) is 0 Å². The van der Waals surface area contributed by atoms with Crippen molar-refractivity contribution in [1.82, 2.24) is 5.32 Å². The summed E-state index contributed by atoms with van der Waals surface area (Å²) in [7, 11) is 2.03. The minimum atomic E-state index is 0.386. The van der Waals surface area contributed by atoms with Crippen LogP contribution in [0.25, 0.3) is 0 Å². The van der Waals surface area contributed by atoms with Crippen molar-refractivity contribution in [1.29, 1.82) is 5.26 Å². The Kier molecular flexibility index (Phi) is 5.85. The van der Waals surface area contributed by atoms with Gasteiger partial charge < -0.3 is 10.2 Å². The topological polar surface area (TPSA) is 39.1 Å². The van der Waals surface area contributed by atoms with Gasteiger partial charge in [-0.25, -0.2) is 0 Å². The fourth-order valence-electron chi connectivity index (χ4n) is 1.87. The first-order chi connectivity index (χ1) is 8.95. The van der Waals surface area contributed by atoms with Gasteiger partial charge in [0.15, 0.2) is 0 Å². The SMILES string of the molecule is CC(C)CNCc1ccc(N(C)C(C)C)c(C#N)c1. The van der Waals surface area contributed by atoms with Gasteiger partial charge in [0.2, 0.25) is 0 Å². The van der Waals surface area contributed by atoms with Crippen LogP contribution in [0.5, 0.6) is 0 Å². The van der Waals surface area contributed by atoms with Gasteiger partial charge in [0.1, 0.15) is 6.07 Å². The summed E-state index contributed by atoms with van der Waals surface area (Å²) in [6, 6.07) is 8.82. The summed E-state index contributed by atoms with van der Waals surface area (Å²) < 4.78 is 0. The highest BCUT2D eigenvalue weighted by atomic mass is 15.1. The second kappa shape index (κ2) is 7.16. The van der Waals surface area contributed by atoms with Crippen molar-refractivity contribution in [2.24, 2.45) is 5.92 Å². The molecule has 1 rings (SSSR count). The quantitative estimate of drug-likeness (QED) is 0.853. The van der Waals surface area contributed by atoms with Crippen LogP contribution in [-0.4, -0.2) is 19.6 Å². The van der Waals surface area contributed by atoms with Crippen LogP contribution in [0.3, 0.4) is 0 Å². The molecule has 19 heavy (non-hydrogen) atoms. The molecular formula is C16H25N3. The molecule has 0 saturated carbocycles. The first kappa shape index (κ1) is 15.5. The summed E-state index contributed by atoms with van der Waals surface area (Å²) >= 11 is 0. The van der Waals surface area contributed by atoms with E-state index in [1.165, 1.54) is 0 Å². The Morgan fingerprint density at radius 1 is 1.26 bits per heavy atom. The van der Waals surface area contributed by atoms with E-state index in [1.54, 1.807) is 0 Å². The van der Waals surface area contributed by atoms with E-state index in [2.05, 4.69) is 50.0 Å². The van der Waals surface area contributed by atoms with E-state index in [1.807, 2.05) is 19.2 Å². The molecule has 0 heterocycles. The molecule has 1 aromatic rings. The molecule has 104 valence electrons. The molecule has 0 atom stereocenters. The average molecular weight is 259 g/mol. The minimum absolute atomic E-state index is 0.386. The molecule has 3 nitrogen and oxygen atoms in total. The Bertz CT molecular complexity index is 444. The molecule has 0 radical (unpaired) electrons. The number of nitrogens with one attached hydrogen (secondary N) is 1. The predicted octanol–water partition coefficient (Wildman–Crippen LogP) is 3.15. The van der Waals surface area contributed by atoms with E-state index in [9.17, 15) is 5.26 Å². The standard InChI is InChI=1S/C16H25N3/c1-12(2)10-18-11-14-6-7-16(15(8-14)9-17)19(5)13(3)4/h6-8,12-13,18H,10-11H2,1-5H3. The largest absolute Gasteiger partial charge is 0.371 e. The number of hydrogen-bond donors (Lipinski definition) is 1. The number of nitriles is 1. The van der Waals surface area contributed by atoms with Gasteiger partial charge in [0, 0.05) is 19.6 Å². The molecular weight excluding hydrogens is 234 g/mol. The lowest BCUT2D eigenvalue weighted by Gasteiger charge is -2.25. The highest BCUT2D eigenvalue weighted by molar-refractivity contribution is 5.60. The van der Waals surface area contributed by atoms with Crippen LogP contribution in [0.4, 0.5) is 5.69 Å². The molecule has 0 amide bonds. The van der Waals surface area contributed by atoms with E-state index in [0.29, 0.717) is 12.0 Å². The molecule has 1 aromatic carbocycles. The Hall–Kier alpha value is -1.53. The Morgan fingerprint density at radius 3 is 2.47 bits per heavy atom. The highest BCUT2D eigenvalue weighted by Crippen LogP contribution is 2.22. The minimum Gasteiger partial charge on any atom is -0.371 e. The van der Waals surface area contributed by atoms with Crippen LogP contribution in [0.1, 0.15) is 38.8 Å². The summed E-state index contributed by atoms with van der Waals surface area (Å²) in [6.45, 7) is 10.4. The zero-order valence-electron chi connectivity index (χ0n) is 12.7. The smallest absolute Gasteiger partial charge is 0.101 e. The summed E-state index contributed by atoms with van der Waals surface area (Å²) in [5.74, 6) is 0.641.